The Kier molecular flexibility index (Phi) is 4.77. The van der Waals surface area contributed by atoms with E-state index in [2.05, 4.69) is 25.1 Å². The molecule has 5 heteroatoms. The van der Waals surface area contributed by atoms with E-state index < -0.39 is 0 Å². The van der Waals surface area contributed by atoms with Gasteiger partial charge in [0.1, 0.15) is 0 Å². The van der Waals surface area contributed by atoms with Gasteiger partial charge >= 0.3 is 0 Å². The lowest BCUT2D eigenvalue weighted by Crippen LogP contribution is -2.36. The molecule has 0 N–H and O–H groups in total. The summed E-state index contributed by atoms with van der Waals surface area (Å²) in [6.07, 6.45) is 3.13. The number of hydrogen-bond donors (Lipinski definition) is 0. The lowest BCUT2D eigenvalue weighted by atomic mass is 9.99. The second kappa shape index (κ2) is 7.20. The molecule has 2 aromatic carbocycles. The number of nitrogens with zero attached hydrogens (tertiary/aromatic N) is 1. The first kappa shape index (κ1) is 17.2. The number of carbonyl (C=O) groups excluding carboxylic acids is 1. The van der Waals surface area contributed by atoms with E-state index in [4.69, 9.17) is 21.1 Å². The molecule has 0 fully saturated rings. The van der Waals surface area contributed by atoms with E-state index in [1.165, 1.54) is 11.1 Å². The van der Waals surface area contributed by atoms with Gasteiger partial charge in [-0.3, -0.25) is 4.79 Å². The van der Waals surface area contributed by atoms with Crippen LogP contribution in [0, 0.1) is 6.92 Å². The third-order valence-electron chi connectivity index (χ3n) is 4.87. The largest absolute Gasteiger partial charge is 0.489 e. The average molecular weight is 372 g/mol. The number of anilines is 1. The summed E-state index contributed by atoms with van der Waals surface area (Å²) in [5, 5.41) is 0.502. The summed E-state index contributed by atoms with van der Waals surface area (Å²) < 4.78 is 11.4. The van der Waals surface area contributed by atoms with E-state index in [-0.39, 0.29) is 5.91 Å². The van der Waals surface area contributed by atoms with Gasteiger partial charge in [-0.25, -0.2) is 0 Å². The van der Waals surface area contributed by atoms with E-state index in [1.807, 2.05) is 17.0 Å². The monoisotopic (exact) mass is 371 g/mol. The number of amides is 1. The zero-order chi connectivity index (χ0) is 18.1. The maximum absolute atomic E-state index is 13.0. The lowest BCUT2D eigenvalue weighted by Gasteiger charge is -2.30. The number of halogens is 1. The van der Waals surface area contributed by atoms with Crippen LogP contribution in [0.2, 0.25) is 5.02 Å². The van der Waals surface area contributed by atoms with Gasteiger partial charge in [0.2, 0.25) is 5.91 Å². The van der Waals surface area contributed by atoms with Gasteiger partial charge in [-0.1, -0.05) is 29.3 Å². The Morgan fingerprint density at radius 2 is 2.00 bits per heavy atom. The number of carbonyl (C=O) groups is 1. The summed E-state index contributed by atoms with van der Waals surface area (Å²) in [6.45, 7) is 4.03. The summed E-state index contributed by atoms with van der Waals surface area (Å²) in [5.74, 6) is 1.30. The molecule has 2 aromatic rings. The van der Waals surface area contributed by atoms with Crippen molar-refractivity contribution in [2.75, 3.05) is 24.7 Å². The smallest absolute Gasteiger partial charge is 0.231 e. The van der Waals surface area contributed by atoms with Gasteiger partial charge in [-0.2, -0.15) is 0 Å². The van der Waals surface area contributed by atoms with Gasteiger partial charge in [0.05, 0.1) is 24.7 Å². The minimum Gasteiger partial charge on any atom is -0.489 e. The fourth-order valence-electron chi connectivity index (χ4n) is 3.64. The Balaban J connectivity index is 1.58. The van der Waals surface area contributed by atoms with Crippen LogP contribution in [0.25, 0.3) is 0 Å². The topological polar surface area (TPSA) is 38.8 Å². The van der Waals surface area contributed by atoms with Gasteiger partial charge in [-0.15, -0.1) is 0 Å². The maximum Gasteiger partial charge on any atom is 0.231 e. The van der Waals surface area contributed by atoms with Crippen molar-refractivity contribution in [3.8, 4) is 11.5 Å². The van der Waals surface area contributed by atoms with Gasteiger partial charge in [-0.05, 0) is 49.1 Å². The predicted octanol–water partition coefficient (Wildman–Crippen LogP) is 4.33. The Morgan fingerprint density at radius 1 is 1.15 bits per heavy atom. The number of benzene rings is 2. The van der Waals surface area contributed by atoms with E-state index in [0.717, 1.165) is 37.1 Å². The maximum atomic E-state index is 13.0. The van der Waals surface area contributed by atoms with E-state index in [1.54, 1.807) is 0 Å². The normalized spacial score (nSPS) is 16.0. The quantitative estimate of drug-likeness (QED) is 0.788. The van der Waals surface area contributed by atoms with E-state index in [0.29, 0.717) is 36.2 Å². The molecule has 26 heavy (non-hydrogen) atoms. The highest BCUT2D eigenvalue weighted by molar-refractivity contribution is 6.32. The zero-order valence-electron chi connectivity index (χ0n) is 14.9. The van der Waals surface area contributed by atoms with Crippen molar-refractivity contribution in [2.24, 2.45) is 0 Å². The number of ether oxygens (including phenoxy) is 2. The van der Waals surface area contributed by atoms with Crippen molar-refractivity contribution in [1.82, 2.24) is 0 Å². The molecule has 0 saturated heterocycles. The van der Waals surface area contributed by atoms with Crippen molar-refractivity contribution in [3.63, 3.8) is 0 Å². The number of hydrogen-bond acceptors (Lipinski definition) is 3. The first-order valence-corrected chi connectivity index (χ1v) is 9.47. The van der Waals surface area contributed by atoms with Crippen molar-refractivity contribution in [2.45, 2.75) is 32.6 Å². The SMILES string of the molecule is Cc1ccc2c(c1)CCCN2C(=O)Cc1cc(Cl)c2c(c1)OCCCO2. The van der Waals surface area contributed by atoms with Crippen LogP contribution >= 0.6 is 11.6 Å². The second-order valence-corrected chi connectivity index (χ2v) is 7.32. The number of fused-ring (bicyclic) bond motifs is 2. The van der Waals surface area contributed by atoms with Crippen LogP contribution in [-0.4, -0.2) is 25.7 Å². The molecule has 136 valence electrons. The molecule has 2 heterocycles. The first-order chi connectivity index (χ1) is 12.6. The molecule has 0 unspecified atom stereocenters. The van der Waals surface area contributed by atoms with Crippen LogP contribution in [0.5, 0.6) is 11.5 Å². The third kappa shape index (κ3) is 3.38. The summed E-state index contributed by atoms with van der Waals surface area (Å²) in [4.78, 5) is 14.9. The fourth-order valence-corrected chi connectivity index (χ4v) is 3.93. The Labute approximate surface area is 158 Å². The minimum absolute atomic E-state index is 0.0837. The molecule has 4 nitrogen and oxygen atoms in total. The average Bonchev–Trinajstić information content (AvgIpc) is 2.86. The standard InChI is InChI=1S/C21H22ClNO3/c1-14-5-6-18-16(10-14)4-2-7-23(18)20(24)13-15-11-17(22)21-19(12-15)25-8-3-9-26-21/h5-6,10-12H,2-4,7-9,13H2,1H3. The molecule has 0 spiro atoms. The molecular weight excluding hydrogens is 350 g/mol. The van der Waals surface area contributed by atoms with E-state index in [9.17, 15) is 4.79 Å². The molecule has 1 amide bonds. The fraction of sp³-hybridized carbons (Fsp3) is 0.381. The van der Waals surface area contributed by atoms with Gasteiger partial charge in [0.25, 0.3) is 0 Å². The van der Waals surface area contributed by atoms with Crippen molar-refractivity contribution < 1.29 is 14.3 Å². The Hall–Kier alpha value is -2.20. The van der Waals surface area contributed by atoms with Crippen LogP contribution in [0.3, 0.4) is 0 Å². The van der Waals surface area contributed by atoms with Crippen LogP contribution in [0.1, 0.15) is 29.5 Å². The molecule has 0 atom stereocenters. The molecular formula is C21H22ClNO3. The molecule has 0 aliphatic carbocycles. The highest BCUT2D eigenvalue weighted by atomic mass is 35.5. The van der Waals surface area contributed by atoms with Crippen LogP contribution in [-0.2, 0) is 17.6 Å². The Bertz CT molecular complexity index is 849. The summed E-state index contributed by atoms with van der Waals surface area (Å²) in [7, 11) is 0. The summed E-state index contributed by atoms with van der Waals surface area (Å²) in [6, 6.07) is 9.99. The van der Waals surface area contributed by atoms with Crippen molar-refractivity contribution in [1.29, 1.82) is 0 Å². The summed E-state index contributed by atoms with van der Waals surface area (Å²) >= 11 is 6.36. The second-order valence-electron chi connectivity index (χ2n) is 6.91. The first-order valence-electron chi connectivity index (χ1n) is 9.10. The Morgan fingerprint density at radius 3 is 2.88 bits per heavy atom. The highest BCUT2D eigenvalue weighted by Crippen LogP contribution is 2.38. The molecule has 0 bridgehead atoms. The molecule has 0 radical (unpaired) electrons. The number of rotatable bonds is 2. The van der Waals surface area contributed by atoms with Crippen LogP contribution in [0.15, 0.2) is 30.3 Å². The lowest BCUT2D eigenvalue weighted by molar-refractivity contribution is -0.118. The third-order valence-corrected chi connectivity index (χ3v) is 5.15. The van der Waals surface area contributed by atoms with Gasteiger partial charge < -0.3 is 14.4 Å². The molecule has 4 rings (SSSR count). The zero-order valence-corrected chi connectivity index (χ0v) is 15.6. The number of aryl methyl sites for hydroxylation is 2. The highest BCUT2D eigenvalue weighted by Gasteiger charge is 2.24. The molecule has 0 saturated carbocycles. The molecule has 0 aromatic heterocycles. The minimum atomic E-state index is 0.0837. The van der Waals surface area contributed by atoms with Crippen molar-refractivity contribution >= 4 is 23.2 Å². The van der Waals surface area contributed by atoms with Gasteiger partial charge in [0, 0.05) is 18.7 Å². The predicted molar refractivity (Wildman–Crippen MR) is 103 cm³/mol. The molecule has 2 aliphatic rings. The molecule has 2 aliphatic heterocycles. The van der Waals surface area contributed by atoms with Crippen molar-refractivity contribution in [3.05, 3.63) is 52.0 Å². The van der Waals surface area contributed by atoms with Gasteiger partial charge in [0.15, 0.2) is 11.5 Å². The van der Waals surface area contributed by atoms with Crippen LogP contribution < -0.4 is 14.4 Å². The van der Waals surface area contributed by atoms with Crippen LogP contribution in [0.4, 0.5) is 5.69 Å². The van der Waals surface area contributed by atoms with E-state index >= 15 is 0 Å². The summed E-state index contributed by atoms with van der Waals surface area (Å²) in [5.41, 5.74) is 4.37.